The van der Waals surface area contributed by atoms with Crippen molar-refractivity contribution >= 4 is 12.0 Å². The van der Waals surface area contributed by atoms with Crippen molar-refractivity contribution in [3.05, 3.63) is 0 Å². The van der Waals surface area contributed by atoms with E-state index in [1.807, 2.05) is 11.9 Å². The molecule has 0 aromatic heterocycles. The summed E-state index contributed by atoms with van der Waals surface area (Å²) in [6, 6.07) is 0.0181. The van der Waals surface area contributed by atoms with Crippen LogP contribution >= 0.6 is 0 Å². The normalized spacial score (nSPS) is 27.6. The Labute approximate surface area is 113 Å². The average Bonchev–Trinajstić information content (AvgIpc) is 2.88. The Hall–Kier alpha value is -1.30. The van der Waals surface area contributed by atoms with Crippen molar-refractivity contribution in [2.75, 3.05) is 39.8 Å². The van der Waals surface area contributed by atoms with Gasteiger partial charge in [-0.25, -0.2) is 4.79 Å². The number of likely N-dealkylation sites (tertiary alicyclic amines) is 2. The molecule has 2 atom stereocenters. The second-order valence-electron chi connectivity index (χ2n) is 5.56. The molecule has 0 bridgehead atoms. The molecular formula is C13H23N3O3. The number of urea groups is 1. The summed E-state index contributed by atoms with van der Waals surface area (Å²) in [4.78, 5) is 26.9. The highest BCUT2D eigenvalue weighted by molar-refractivity contribution is 5.77. The summed E-state index contributed by atoms with van der Waals surface area (Å²) in [6.07, 6.45) is 2.77. The van der Waals surface area contributed by atoms with Crippen molar-refractivity contribution in [1.29, 1.82) is 0 Å². The number of carboxylic acids is 1. The smallest absolute Gasteiger partial charge is 0.320 e. The molecule has 0 saturated carbocycles. The van der Waals surface area contributed by atoms with Crippen LogP contribution in [-0.2, 0) is 4.79 Å². The fourth-order valence-electron chi connectivity index (χ4n) is 3.03. The summed E-state index contributed by atoms with van der Waals surface area (Å²) in [5.41, 5.74) is 0. The number of nitrogens with zero attached hydrogens (tertiary/aromatic N) is 2. The minimum absolute atomic E-state index is 0.0181. The fraction of sp³-hybridized carbons (Fsp3) is 0.846. The number of carboxylic acid groups (broad SMARTS) is 1. The Morgan fingerprint density at radius 1 is 1.21 bits per heavy atom. The van der Waals surface area contributed by atoms with Crippen molar-refractivity contribution in [3.8, 4) is 0 Å². The minimum Gasteiger partial charge on any atom is -0.481 e. The summed E-state index contributed by atoms with van der Waals surface area (Å²) in [5.74, 6) is -0.663. The van der Waals surface area contributed by atoms with E-state index in [-0.39, 0.29) is 11.9 Å². The van der Waals surface area contributed by atoms with Crippen molar-refractivity contribution in [2.45, 2.75) is 19.3 Å². The van der Waals surface area contributed by atoms with E-state index in [0.29, 0.717) is 25.4 Å². The van der Waals surface area contributed by atoms with Crippen LogP contribution in [-0.4, -0.2) is 66.7 Å². The maximum Gasteiger partial charge on any atom is 0.320 e. The van der Waals surface area contributed by atoms with Gasteiger partial charge >= 0.3 is 12.0 Å². The molecule has 0 aliphatic carbocycles. The standard InChI is InChI=1S/C13H23N3O3/c1-14-7-10-3-2-5-15(8-10)13(19)16-6-4-11(9-16)12(17)18/h10-11,14H,2-9H2,1H3,(H,17,18). The van der Waals surface area contributed by atoms with Crippen molar-refractivity contribution in [1.82, 2.24) is 15.1 Å². The van der Waals surface area contributed by atoms with Gasteiger partial charge < -0.3 is 20.2 Å². The molecule has 2 aliphatic heterocycles. The van der Waals surface area contributed by atoms with E-state index in [1.54, 1.807) is 4.90 Å². The van der Waals surface area contributed by atoms with Crippen molar-refractivity contribution < 1.29 is 14.7 Å². The molecule has 0 radical (unpaired) electrons. The van der Waals surface area contributed by atoms with Gasteiger partial charge in [0.15, 0.2) is 0 Å². The predicted molar refractivity (Wildman–Crippen MR) is 70.9 cm³/mol. The SMILES string of the molecule is CNCC1CCCN(C(=O)N2CCC(C(=O)O)C2)C1. The van der Waals surface area contributed by atoms with Crippen molar-refractivity contribution in [3.63, 3.8) is 0 Å². The van der Waals surface area contributed by atoms with Gasteiger partial charge in [0.25, 0.3) is 0 Å². The van der Waals surface area contributed by atoms with Gasteiger partial charge in [-0.2, -0.15) is 0 Å². The first-order valence-corrected chi connectivity index (χ1v) is 7.03. The topological polar surface area (TPSA) is 72.9 Å². The number of amides is 2. The van der Waals surface area contributed by atoms with E-state index in [2.05, 4.69) is 5.32 Å². The molecule has 108 valence electrons. The maximum absolute atomic E-state index is 12.4. The zero-order valence-electron chi connectivity index (χ0n) is 11.5. The third kappa shape index (κ3) is 3.37. The largest absolute Gasteiger partial charge is 0.481 e. The molecular weight excluding hydrogens is 246 g/mol. The van der Waals surface area contributed by atoms with Gasteiger partial charge in [-0.3, -0.25) is 4.79 Å². The second kappa shape index (κ2) is 6.23. The van der Waals surface area contributed by atoms with Crippen LogP contribution in [0.2, 0.25) is 0 Å². The van der Waals surface area contributed by atoms with Gasteiger partial charge in [0, 0.05) is 26.2 Å². The number of hydrogen-bond donors (Lipinski definition) is 2. The van der Waals surface area contributed by atoms with Gasteiger partial charge in [0.05, 0.1) is 5.92 Å². The van der Waals surface area contributed by atoms with Crippen molar-refractivity contribution in [2.24, 2.45) is 11.8 Å². The molecule has 2 N–H and O–H groups in total. The number of hydrogen-bond acceptors (Lipinski definition) is 3. The lowest BCUT2D eigenvalue weighted by Gasteiger charge is -2.35. The molecule has 2 saturated heterocycles. The van der Waals surface area contributed by atoms with Gasteiger partial charge in [-0.1, -0.05) is 0 Å². The fourth-order valence-corrected chi connectivity index (χ4v) is 3.03. The molecule has 2 aliphatic rings. The van der Waals surface area contributed by atoms with E-state index in [1.165, 1.54) is 0 Å². The number of piperidine rings is 1. The highest BCUT2D eigenvalue weighted by Gasteiger charge is 2.34. The second-order valence-corrected chi connectivity index (χ2v) is 5.56. The van der Waals surface area contributed by atoms with Crippen LogP contribution < -0.4 is 5.32 Å². The van der Waals surface area contributed by atoms with Crippen LogP contribution in [0, 0.1) is 11.8 Å². The van der Waals surface area contributed by atoms with E-state index in [4.69, 9.17) is 5.11 Å². The Bertz CT molecular complexity index is 346. The van der Waals surface area contributed by atoms with E-state index in [0.717, 1.165) is 32.5 Å². The molecule has 19 heavy (non-hydrogen) atoms. The monoisotopic (exact) mass is 269 g/mol. The number of carbonyl (C=O) groups is 2. The van der Waals surface area contributed by atoms with Crippen LogP contribution in [0.4, 0.5) is 4.79 Å². The Morgan fingerprint density at radius 2 is 1.95 bits per heavy atom. The van der Waals surface area contributed by atoms with Gasteiger partial charge in [0.2, 0.25) is 0 Å². The van der Waals surface area contributed by atoms with Crippen LogP contribution in [0.3, 0.4) is 0 Å². The van der Waals surface area contributed by atoms with E-state index < -0.39 is 5.97 Å². The average molecular weight is 269 g/mol. The van der Waals surface area contributed by atoms with Crippen LogP contribution in [0.25, 0.3) is 0 Å². The Kier molecular flexibility index (Phi) is 4.63. The molecule has 2 fully saturated rings. The zero-order chi connectivity index (χ0) is 13.8. The molecule has 6 nitrogen and oxygen atoms in total. The number of nitrogens with one attached hydrogen (secondary N) is 1. The van der Waals surface area contributed by atoms with Crippen LogP contribution in [0.1, 0.15) is 19.3 Å². The quantitative estimate of drug-likeness (QED) is 0.780. The molecule has 6 heteroatoms. The summed E-state index contributed by atoms with van der Waals surface area (Å²) >= 11 is 0. The van der Waals surface area contributed by atoms with Gasteiger partial charge in [0.1, 0.15) is 0 Å². The molecule has 0 aromatic rings. The van der Waals surface area contributed by atoms with E-state index in [9.17, 15) is 9.59 Å². The Morgan fingerprint density at radius 3 is 2.58 bits per heavy atom. The summed E-state index contributed by atoms with van der Waals surface area (Å²) in [6.45, 7) is 3.45. The summed E-state index contributed by atoms with van der Waals surface area (Å²) < 4.78 is 0. The highest BCUT2D eigenvalue weighted by atomic mass is 16.4. The van der Waals surface area contributed by atoms with Gasteiger partial charge in [-0.05, 0) is 38.8 Å². The summed E-state index contributed by atoms with van der Waals surface area (Å²) in [5, 5.41) is 12.1. The van der Waals surface area contributed by atoms with Crippen LogP contribution in [0.15, 0.2) is 0 Å². The summed E-state index contributed by atoms with van der Waals surface area (Å²) in [7, 11) is 1.93. The first-order chi connectivity index (χ1) is 9.11. The molecule has 0 spiro atoms. The molecule has 0 aromatic carbocycles. The first kappa shape index (κ1) is 14.1. The molecule has 2 unspecified atom stereocenters. The highest BCUT2D eigenvalue weighted by Crippen LogP contribution is 2.21. The maximum atomic E-state index is 12.4. The number of carbonyl (C=O) groups excluding carboxylic acids is 1. The third-order valence-electron chi connectivity index (χ3n) is 4.09. The number of rotatable bonds is 3. The lowest BCUT2D eigenvalue weighted by Crippen LogP contribution is -2.48. The zero-order valence-corrected chi connectivity index (χ0v) is 11.5. The Balaban J connectivity index is 1.87. The third-order valence-corrected chi connectivity index (χ3v) is 4.09. The van der Waals surface area contributed by atoms with Gasteiger partial charge in [-0.15, -0.1) is 0 Å². The molecule has 2 rings (SSSR count). The molecule has 2 amide bonds. The minimum atomic E-state index is -0.790. The lowest BCUT2D eigenvalue weighted by molar-refractivity contribution is -0.141. The number of aliphatic carboxylic acids is 1. The first-order valence-electron chi connectivity index (χ1n) is 7.03. The van der Waals surface area contributed by atoms with E-state index >= 15 is 0 Å². The van der Waals surface area contributed by atoms with Crippen LogP contribution in [0.5, 0.6) is 0 Å². The lowest BCUT2D eigenvalue weighted by atomic mass is 9.98. The molecule has 2 heterocycles. The predicted octanol–water partition coefficient (Wildman–Crippen LogP) is 0.444.